The van der Waals surface area contributed by atoms with Crippen LogP contribution in [0.5, 0.6) is 5.75 Å². The Balaban J connectivity index is 2.03. The van der Waals surface area contributed by atoms with Crippen LogP contribution in [0, 0.1) is 6.92 Å². The van der Waals surface area contributed by atoms with Gasteiger partial charge in [0.15, 0.2) is 5.11 Å². The average molecular weight is 428 g/mol. The van der Waals surface area contributed by atoms with E-state index in [9.17, 15) is 4.79 Å². The molecule has 2 aromatic rings. The van der Waals surface area contributed by atoms with Crippen LogP contribution >= 0.6 is 39.7 Å². The van der Waals surface area contributed by atoms with Gasteiger partial charge < -0.3 is 10.1 Å². The first-order valence-electron chi connectivity index (χ1n) is 7.21. The lowest BCUT2D eigenvalue weighted by Crippen LogP contribution is -2.34. The summed E-state index contributed by atoms with van der Waals surface area (Å²) in [6, 6.07) is 10.6. The number of rotatable bonds is 4. The third kappa shape index (κ3) is 4.93. The first-order valence-corrected chi connectivity index (χ1v) is 8.79. The maximum Gasteiger partial charge on any atom is 0.257 e. The Morgan fingerprint density at radius 3 is 2.67 bits per heavy atom. The van der Waals surface area contributed by atoms with E-state index in [2.05, 4.69) is 26.6 Å². The molecule has 0 aromatic heterocycles. The molecule has 126 valence electrons. The van der Waals surface area contributed by atoms with E-state index in [1.165, 1.54) is 0 Å². The highest BCUT2D eigenvalue weighted by Crippen LogP contribution is 2.25. The molecule has 7 heteroatoms. The summed E-state index contributed by atoms with van der Waals surface area (Å²) in [5, 5.41) is 6.24. The smallest absolute Gasteiger partial charge is 0.257 e. The molecule has 0 saturated carbocycles. The van der Waals surface area contributed by atoms with Crippen molar-refractivity contribution in [1.29, 1.82) is 0 Å². The Kier molecular flexibility index (Phi) is 6.60. The van der Waals surface area contributed by atoms with Crippen LogP contribution in [0.15, 0.2) is 40.9 Å². The van der Waals surface area contributed by atoms with Crippen molar-refractivity contribution in [1.82, 2.24) is 5.32 Å². The van der Waals surface area contributed by atoms with Crippen molar-refractivity contribution in [3.05, 3.63) is 57.0 Å². The van der Waals surface area contributed by atoms with E-state index in [-0.39, 0.29) is 11.0 Å². The quantitative estimate of drug-likeness (QED) is 0.679. The van der Waals surface area contributed by atoms with Crippen molar-refractivity contribution in [3.8, 4) is 5.75 Å². The van der Waals surface area contributed by atoms with Crippen LogP contribution < -0.4 is 15.4 Å². The monoisotopic (exact) mass is 426 g/mol. The predicted molar refractivity (Wildman–Crippen MR) is 105 cm³/mol. The zero-order valence-electron chi connectivity index (χ0n) is 13.2. The van der Waals surface area contributed by atoms with E-state index in [0.29, 0.717) is 22.9 Å². The van der Waals surface area contributed by atoms with E-state index in [4.69, 9.17) is 28.6 Å². The summed E-state index contributed by atoms with van der Waals surface area (Å²) in [6.07, 6.45) is 0. The molecule has 0 saturated heterocycles. The van der Waals surface area contributed by atoms with Crippen LogP contribution in [0.2, 0.25) is 5.02 Å². The molecule has 0 spiro atoms. The fraction of sp³-hybridized carbons (Fsp3) is 0.176. The minimum atomic E-state index is -0.341. The summed E-state index contributed by atoms with van der Waals surface area (Å²) in [6.45, 7) is 4.32. The molecule has 4 nitrogen and oxygen atoms in total. The van der Waals surface area contributed by atoms with Crippen molar-refractivity contribution in [3.63, 3.8) is 0 Å². The highest BCUT2D eigenvalue weighted by atomic mass is 79.9. The Morgan fingerprint density at radius 1 is 1.29 bits per heavy atom. The summed E-state index contributed by atoms with van der Waals surface area (Å²) in [5.41, 5.74) is 2.23. The number of benzene rings is 2. The third-order valence-electron chi connectivity index (χ3n) is 3.16. The molecular formula is C17H16BrClN2O2S. The second-order valence-electron chi connectivity index (χ2n) is 4.95. The van der Waals surface area contributed by atoms with Crippen LogP contribution in [0.3, 0.4) is 0 Å². The summed E-state index contributed by atoms with van der Waals surface area (Å²) in [4.78, 5) is 12.3. The molecule has 0 fully saturated rings. The molecule has 2 N–H and O–H groups in total. The van der Waals surface area contributed by atoms with Gasteiger partial charge in [0.1, 0.15) is 5.75 Å². The first kappa shape index (κ1) is 18.7. The number of anilines is 1. The lowest BCUT2D eigenvalue weighted by atomic mass is 10.2. The second-order valence-corrected chi connectivity index (χ2v) is 6.68. The van der Waals surface area contributed by atoms with Crippen LogP contribution in [-0.4, -0.2) is 17.6 Å². The van der Waals surface area contributed by atoms with Gasteiger partial charge in [-0.3, -0.25) is 10.1 Å². The van der Waals surface area contributed by atoms with Crippen molar-refractivity contribution in [2.75, 3.05) is 11.9 Å². The molecule has 2 aromatic carbocycles. The van der Waals surface area contributed by atoms with Crippen molar-refractivity contribution >= 4 is 56.5 Å². The van der Waals surface area contributed by atoms with Gasteiger partial charge >= 0.3 is 0 Å². The number of thiocarbonyl (C=S) groups is 1. The van der Waals surface area contributed by atoms with Gasteiger partial charge in [0, 0.05) is 15.7 Å². The zero-order valence-corrected chi connectivity index (χ0v) is 16.3. The van der Waals surface area contributed by atoms with Crippen LogP contribution in [0.1, 0.15) is 22.8 Å². The van der Waals surface area contributed by atoms with E-state index in [0.717, 1.165) is 15.7 Å². The molecule has 0 bridgehead atoms. The molecule has 0 unspecified atom stereocenters. The molecule has 1 amide bonds. The van der Waals surface area contributed by atoms with Crippen molar-refractivity contribution in [2.45, 2.75) is 13.8 Å². The van der Waals surface area contributed by atoms with Gasteiger partial charge in [-0.15, -0.1) is 0 Å². The number of carbonyl (C=O) groups is 1. The molecule has 24 heavy (non-hydrogen) atoms. The van der Waals surface area contributed by atoms with Crippen LogP contribution in [0.25, 0.3) is 0 Å². The Labute approximate surface area is 159 Å². The minimum absolute atomic E-state index is 0.218. The Morgan fingerprint density at radius 2 is 2.04 bits per heavy atom. The number of nitrogens with one attached hydrogen (secondary N) is 2. The molecule has 2 rings (SSSR count). The zero-order chi connectivity index (χ0) is 17.7. The molecule has 0 aliphatic rings. The van der Waals surface area contributed by atoms with Gasteiger partial charge in [0.05, 0.1) is 11.6 Å². The normalized spacial score (nSPS) is 10.2. The number of hydrogen-bond donors (Lipinski definition) is 2. The van der Waals surface area contributed by atoms with E-state index < -0.39 is 0 Å². The first-order chi connectivity index (χ1) is 11.4. The fourth-order valence-corrected chi connectivity index (χ4v) is 2.92. The third-order valence-corrected chi connectivity index (χ3v) is 4.15. The number of ether oxygens (including phenoxy) is 1. The molecule has 0 aliphatic carbocycles. The summed E-state index contributed by atoms with van der Waals surface area (Å²) in [7, 11) is 0. The van der Waals surface area contributed by atoms with E-state index >= 15 is 0 Å². The summed E-state index contributed by atoms with van der Waals surface area (Å²) in [5.74, 6) is 0.203. The van der Waals surface area contributed by atoms with Gasteiger partial charge in [-0.25, -0.2) is 0 Å². The number of amides is 1. The molecule has 0 aliphatic heterocycles. The van der Waals surface area contributed by atoms with Crippen molar-refractivity contribution < 1.29 is 9.53 Å². The highest BCUT2D eigenvalue weighted by Gasteiger charge is 2.11. The summed E-state index contributed by atoms with van der Waals surface area (Å²) < 4.78 is 6.33. The molecule has 0 radical (unpaired) electrons. The number of hydrogen-bond acceptors (Lipinski definition) is 3. The predicted octanol–water partition coefficient (Wildman–Crippen LogP) is 4.94. The van der Waals surface area contributed by atoms with E-state index in [1.807, 2.05) is 32.0 Å². The van der Waals surface area contributed by atoms with Gasteiger partial charge in [-0.05, 0) is 68.0 Å². The van der Waals surface area contributed by atoms with Crippen LogP contribution in [-0.2, 0) is 0 Å². The van der Waals surface area contributed by atoms with E-state index in [1.54, 1.807) is 18.2 Å². The van der Waals surface area contributed by atoms with Crippen molar-refractivity contribution in [2.24, 2.45) is 0 Å². The SMILES string of the molecule is CCOc1ccc(C(=O)NC(=S)Nc2ccc(Br)cc2C)cc1Cl. The Hall–Kier alpha value is -1.63. The lowest BCUT2D eigenvalue weighted by molar-refractivity contribution is 0.0977. The Bertz CT molecular complexity index is 783. The molecule has 0 heterocycles. The topological polar surface area (TPSA) is 50.4 Å². The van der Waals surface area contributed by atoms with Gasteiger partial charge in [0.25, 0.3) is 5.91 Å². The highest BCUT2D eigenvalue weighted by molar-refractivity contribution is 9.10. The molecule has 0 atom stereocenters. The average Bonchev–Trinajstić information content (AvgIpc) is 2.52. The van der Waals surface area contributed by atoms with Gasteiger partial charge in [0.2, 0.25) is 0 Å². The second kappa shape index (κ2) is 8.46. The number of halogens is 2. The van der Waals surface area contributed by atoms with Gasteiger partial charge in [-0.1, -0.05) is 27.5 Å². The minimum Gasteiger partial charge on any atom is -0.492 e. The molecular weight excluding hydrogens is 412 g/mol. The lowest BCUT2D eigenvalue weighted by Gasteiger charge is -2.12. The maximum atomic E-state index is 12.3. The standard InChI is InChI=1S/C17H16BrClN2O2S/c1-3-23-15-7-4-11(9-13(15)19)16(22)21-17(24)20-14-6-5-12(18)8-10(14)2/h4-9H,3H2,1-2H3,(H2,20,21,22,24). The van der Waals surface area contributed by atoms with Gasteiger partial charge in [-0.2, -0.15) is 0 Å². The van der Waals surface area contributed by atoms with Crippen LogP contribution in [0.4, 0.5) is 5.69 Å². The summed E-state index contributed by atoms with van der Waals surface area (Å²) >= 11 is 14.7. The fourth-order valence-electron chi connectivity index (χ4n) is 2.01. The number of aryl methyl sites for hydroxylation is 1. The maximum absolute atomic E-state index is 12.3. The largest absolute Gasteiger partial charge is 0.492 e. The number of carbonyl (C=O) groups excluding carboxylic acids is 1.